The molecule has 0 amide bonds. The zero-order chi connectivity index (χ0) is 19.5. The van der Waals surface area contributed by atoms with E-state index >= 15 is 0 Å². The Morgan fingerprint density at radius 1 is 1.08 bits per heavy atom. The van der Waals surface area contributed by atoms with E-state index in [0.717, 1.165) is 5.56 Å². The van der Waals surface area contributed by atoms with Gasteiger partial charge in [-0.25, -0.2) is 0 Å². The topological polar surface area (TPSA) is 96.0 Å². The Balaban J connectivity index is 2.24. The van der Waals surface area contributed by atoms with Gasteiger partial charge in [0.05, 0.1) is 24.0 Å². The average molecular weight is 384 g/mol. The van der Waals surface area contributed by atoms with E-state index in [2.05, 4.69) is 0 Å². The van der Waals surface area contributed by atoms with Crippen LogP contribution >= 0.6 is 0 Å². The minimum atomic E-state index is -4.01. The van der Waals surface area contributed by atoms with Crippen LogP contribution in [0.1, 0.15) is 32.3 Å². The Kier molecular flexibility index (Phi) is 6.41. The van der Waals surface area contributed by atoms with Crippen molar-refractivity contribution in [1.82, 2.24) is 0 Å². The minimum Gasteiger partial charge on any atom is -0.469 e. The molecule has 0 radical (unpaired) electrons. The number of rotatable bonds is 5. The Morgan fingerprint density at radius 2 is 1.65 bits per heavy atom. The number of benzene rings is 1. The molecule has 8 heteroatoms. The minimum absolute atomic E-state index is 0.0412. The number of carbonyl (C=O) groups excluding carboxylic acids is 2. The van der Waals surface area contributed by atoms with E-state index in [1.54, 1.807) is 19.1 Å². The SMILES string of the molecule is COC(=O)[C@@H]1C[C@H](OS(=O)(=O)c2ccc(C)cc2)[C@H](C)[C@H](OC(C)=O)C1. The van der Waals surface area contributed by atoms with Gasteiger partial charge in [-0.2, -0.15) is 8.42 Å². The molecule has 1 aliphatic rings. The van der Waals surface area contributed by atoms with Gasteiger partial charge in [0, 0.05) is 12.8 Å². The van der Waals surface area contributed by atoms with Gasteiger partial charge >= 0.3 is 11.9 Å². The third-order valence-electron chi connectivity index (χ3n) is 4.62. The second kappa shape index (κ2) is 8.18. The quantitative estimate of drug-likeness (QED) is 0.567. The van der Waals surface area contributed by atoms with Gasteiger partial charge in [0.1, 0.15) is 6.10 Å². The summed E-state index contributed by atoms with van der Waals surface area (Å²) in [4.78, 5) is 23.3. The number of ether oxygens (including phenoxy) is 2. The van der Waals surface area contributed by atoms with E-state index in [-0.39, 0.29) is 23.7 Å². The van der Waals surface area contributed by atoms with Crippen LogP contribution < -0.4 is 0 Å². The predicted molar refractivity (Wildman–Crippen MR) is 92.7 cm³/mol. The molecule has 26 heavy (non-hydrogen) atoms. The van der Waals surface area contributed by atoms with Gasteiger partial charge in [-0.15, -0.1) is 0 Å². The van der Waals surface area contributed by atoms with Crippen LogP contribution in [0, 0.1) is 18.8 Å². The summed E-state index contributed by atoms with van der Waals surface area (Å²) in [5.41, 5.74) is 0.927. The Hall–Kier alpha value is -1.93. The summed E-state index contributed by atoms with van der Waals surface area (Å²) in [5.74, 6) is -1.96. The summed E-state index contributed by atoms with van der Waals surface area (Å²) < 4.78 is 40.6. The van der Waals surface area contributed by atoms with Gasteiger partial charge in [0.2, 0.25) is 0 Å². The van der Waals surface area contributed by atoms with Crippen molar-refractivity contribution in [3.63, 3.8) is 0 Å². The molecule has 0 saturated heterocycles. The predicted octanol–water partition coefficient (Wildman–Crippen LogP) is 2.22. The first-order chi connectivity index (χ1) is 12.1. The molecule has 1 aromatic carbocycles. The highest BCUT2D eigenvalue weighted by Crippen LogP contribution is 2.35. The van der Waals surface area contributed by atoms with Gasteiger partial charge in [-0.3, -0.25) is 13.8 Å². The maximum atomic E-state index is 12.6. The zero-order valence-corrected chi connectivity index (χ0v) is 16.1. The molecule has 0 unspecified atom stereocenters. The van der Waals surface area contributed by atoms with E-state index in [1.807, 2.05) is 6.92 Å². The van der Waals surface area contributed by atoms with E-state index < -0.39 is 40.2 Å². The smallest absolute Gasteiger partial charge is 0.308 e. The van der Waals surface area contributed by atoms with Crippen LogP contribution in [0.15, 0.2) is 29.2 Å². The van der Waals surface area contributed by atoms with E-state index in [9.17, 15) is 18.0 Å². The highest BCUT2D eigenvalue weighted by atomic mass is 32.2. The molecule has 0 spiro atoms. The fraction of sp³-hybridized carbons (Fsp3) is 0.556. The molecule has 1 saturated carbocycles. The number of aryl methyl sites for hydroxylation is 1. The summed E-state index contributed by atoms with van der Waals surface area (Å²) >= 11 is 0. The summed E-state index contributed by atoms with van der Waals surface area (Å²) in [7, 11) is -2.75. The van der Waals surface area contributed by atoms with Crippen LogP contribution in [-0.2, 0) is 33.4 Å². The van der Waals surface area contributed by atoms with Crippen molar-refractivity contribution < 1.29 is 31.7 Å². The molecule has 1 fully saturated rings. The molecule has 0 heterocycles. The van der Waals surface area contributed by atoms with Crippen molar-refractivity contribution in [2.75, 3.05) is 7.11 Å². The van der Waals surface area contributed by atoms with E-state index in [4.69, 9.17) is 13.7 Å². The fourth-order valence-electron chi connectivity index (χ4n) is 3.10. The highest BCUT2D eigenvalue weighted by molar-refractivity contribution is 7.86. The Labute approximate surface area is 153 Å². The summed E-state index contributed by atoms with van der Waals surface area (Å²) in [6, 6.07) is 6.30. The second-order valence-corrected chi connectivity index (χ2v) is 8.17. The van der Waals surface area contributed by atoms with Crippen LogP contribution in [0.5, 0.6) is 0 Å². The molecule has 7 nitrogen and oxygen atoms in total. The Morgan fingerprint density at radius 3 is 2.19 bits per heavy atom. The van der Waals surface area contributed by atoms with Crippen molar-refractivity contribution in [3.05, 3.63) is 29.8 Å². The van der Waals surface area contributed by atoms with Crippen molar-refractivity contribution in [3.8, 4) is 0 Å². The van der Waals surface area contributed by atoms with Crippen molar-refractivity contribution >= 4 is 22.1 Å². The molecule has 0 aromatic heterocycles. The number of carbonyl (C=O) groups is 2. The molecule has 0 N–H and O–H groups in total. The van der Waals surface area contributed by atoms with Crippen LogP contribution in [0.4, 0.5) is 0 Å². The van der Waals surface area contributed by atoms with Gasteiger partial charge < -0.3 is 9.47 Å². The molecule has 2 rings (SSSR count). The molecule has 144 valence electrons. The molecule has 1 aromatic rings. The molecule has 4 atom stereocenters. The maximum absolute atomic E-state index is 12.6. The third kappa shape index (κ3) is 4.82. The standard InChI is InChI=1S/C18H24O7S/c1-11-5-7-15(8-6-11)26(21,22)25-17-10-14(18(20)23-4)9-16(12(17)2)24-13(3)19/h5-8,12,14,16-17H,9-10H2,1-4H3/t12-,14+,16-,17+/m1/s1. The number of esters is 2. The number of methoxy groups -OCH3 is 1. The van der Waals surface area contributed by atoms with Crippen molar-refractivity contribution in [2.24, 2.45) is 11.8 Å². The van der Waals surface area contributed by atoms with Crippen molar-refractivity contribution in [2.45, 2.75) is 50.7 Å². The Bertz CT molecular complexity index is 754. The molecule has 0 aliphatic heterocycles. The van der Waals surface area contributed by atoms with Gasteiger partial charge in [0.25, 0.3) is 10.1 Å². The first kappa shape index (κ1) is 20.4. The molecular weight excluding hydrogens is 360 g/mol. The van der Waals surface area contributed by atoms with Gasteiger partial charge in [-0.05, 0) is 31.9 Å². The largest absolute Gasteiger partial charge is 0.469 e. The van der Waals surface area contributed by atoms with Gasteiger partial charge in [-0.1, -0.05) is 24.6 Å². The fourth-order valence-corrected chi connectivity index (χ4v) is 4.26. The normalized spacial score (nSPS) is 26.2. The van der Waals surface area contributed by atoms with Crippen molar-refractivity contribution in [1.29, 1.82) is 0 Å². The first-order valence-electron chi connectivity index (χ1n) is 8.39. The monoisotopic (exact) mass is 384 g/mol. The number of hydrogen-bond acceptors (Lipinski definition) is 7. The lowest BCUT2D eigenvalue weighted by atomic mass is 9.78. The zero-order valence-electron chi connectivity index (χ0n) is 15.3. The lowest BCUT2D eigenvalue weighted by molar-refractivity contribution is -0.163. The molecular formula is C18H24O7S. The van der Waals surface area contributed by atoms with Crippen LogP contribution in [0.2, 0.25) is 0 Å². The summed E-state index contributed by atoms with van der Waals surface area (Å²) in [6.45, 7) is 4.87. The van der Waals surface area contributed by atoms with E-state index in [1.165, 1.54) is 26.2 Å². The second-order valence-electron chi connectivity index (χ2n) is 6.60. The molecule has 0 bridgehead atoms. The van der Waals surface area contributed by atoms with Gasteiger partial charge in [0.15, 0.2) is 0 Å². The van der Waals surface area contributed by atoms with Crippen LogP contribution in [-0.4, -0.2) is 39.7 Å². The van der Waals surface area contributed by atoms with E-state index in [0.29, 0.717) is 0 Å². The number of hydrogen-bond donors (Lipinski definition) is 0. The first-order valence-corrected chi connectivity index (χ1v) is 9.80. The van der Waals surface area contributed by atoms with Crippen LogP contribution in [0.25, 0.3) is 0 Å². The third-order valence-corrected chi connectivity index (χ3v) is 5.97. The lowest BCUT2D eigenvalue weighted by Gasteiger charge is -2.37. The highest BCUT2D eigenvalue weighted by Gasteiger charge is 2.43. The summed E-state index contributed by atoms with van der Waals surface area (Å²) in [5, 5.41) is 0. The summed E-state index contributed by atoms with van der Waals surface area (Å²) in [6.07, 6.45) is -0.971. The maximum Gasteiger partial charge on any atom is 0.308 e. The lowest BCUT2D eigenvalue weighted by Crippen LogP contribution is -2.45. The average Bonchev–Trinajstić information content (AvgIpc) is 2.57. The van der Waals surface area contributed by atoms with Crippen LogP contribution in [0.3, 0.4) is 0 Å². The molecule has 1 aliphatic carbocycles.